The zero-order valence-corrected chi connectivity index (χ0v) is 14.7. The lowest BCUT2D eigenvalue weighted by Gasteiger charge is -2.14. The quantitative estimate of drug-likeness (QED) is 0.797. The average molecular weight is 335 g/mol. The maximum atomic E-state index is 12.7. The van der Waals surface area contributed by atoms with Crippen molar-refractivity contribution < 1.29 is 4.79 Å². The van der Waals surface area contributed by atoms with Crippen molar-refractivity contribution in [3.8, 4) is 5.69 Å². The Kier molecular flexibility index (Phi) is 3.49. The number of carbonyl (C=O) groups excluding carboxylic acids is 1. The standard InChI is InChI=1S/C19H21N5O/c1-13-14(2)24(12-20-13)16-6-4-15(5-7-16)21-18(25)19(9-10-19)17-8-11-23(3)22-17/h4-8,11-12H,9-10H2,1-3H3,(H,21,25). The smallest absolute Gasteiger partial charge is 0.236 e. The Morgan fingerprint density at radius 3 is 2.40 bits per heavy atom. The van der Waals surface area contributed by atoms with E-state index in [1.54, 1.807) is 4.68 Å². The van der Waals surface area contributed by atoms with Crippen LogP contribution < -0.4 is 5.32 Å². The predicted molar refractivity (Wildman–Crippen MR) is 95.8 cm³/mol. The molecule has 6 heteroatoms. The number of benzene rings is 1. The molecule has 1 aliphatic carbocycles. The summed E-state index contributed by atoms with van der Waals surface area (Å²) in [5.41, 5.74) is 4.35. The van der Waals surface area contributed by atoms with Crippen molar-refractivity contribution >= 4 is 11.6 Å². The Balaban J connectivity index is 1.52. The molecule has 6 nitrogen and oxygen atoms in total. The van der Waals surface area contributed by atoms with Gasteiger partial charge in [0.2, 0.25) is 5.91 Å². The minimum atomic E-state index is -0.460. The fourth-order valence-electron chi connectivity index (χ4n) is 3.11. The molecule has 2 heterocycles. The fourth-order valence-corrected chi connectivity index (χ4v) is 3.11. The molecule has 3 aromatic rings. The lowest BCUT2D eigenvalue weighted by atomic mass is 10.0. The largest absolute Gasteiger partial charge is 0.325 e. The summed E-state index contributed by atoms with van der Waals surface area (Å²) in [7, 11) is 1.87. The van der Waals surface area contributed by atoms with Gasteiger partial charge in [-0.2, -0.15) is 5.10 Å². The zero-order chi connectivity index (χ0) is 17.6. The minimum Gasteiger partial charge on any atom is -0.325 e. The van der Waals surface area contributed by atoms with Crippen LogP contribution in [-0.4, -0.2) is 25.2 Å². The fraction of sp³-hybridized carbons (Fsp3) is 0.316. The van der Waals surface area contributed by atoms with Gasteiger partial charge in [-0.1, -0.05) is 0 Å². The van der Waals surface area contributed by atoms with E-state index < -0.39 is 5.41 Å². The van der Waals surface area contributed by atoms with Crippen LogP contribution >= 0.6 is 0 Å². The molecule has 0 bridgehead atoms. The molecule has 25 heavy (non-hydrogen) atoms. The highest BCUT2D eigenvalue weighted by Gasteiger charge is 2.53. The van der Waals surface area contributed by atoms with Gasteiger partial charge in [0.05, 0.1) is 23.1 Å². The van der Waals surface area contributed by atoms with Crippen molar-refractivity contribution in [3.63, 3.8) is 0 Å². The Labute approximate surface area is 146 Å². The topological polar surface area (TPSA) is 64.7 Å². The maximum absolute atomic E-state index is 12.7. The molecular weight excluding hydrogens is 314 g/mol. The first-order valence-electron chi connectivity index (χ1n) is 8.42. The number of anilines is 1. The Morgan fingerprint density at radius 1 is 1.16 bits per heavy atom. The molecule has 4 rings (SSSR count). The predicted octanol–water partition coefficient (Wildman–Crippen LogP) is 2.89. The van der Waals surface area contributed by atoms with E-state index in [1.165, 1.54) is 0 Å². The van der Waals surface area contributed by atoms with Gasteiger partial charge in [0.1, 0.15) is 0 Å². The van der Waals surface area contributed by atoms with Crippen LogP contribution in [0.15, 0.2) is 42.9 Å². The van der Waals surface area contributed by atoms with Gasteiger partial charge in [-0.15, -0.1) is 0 Å². The van der Waals surface area contributed by atoms with E-state index >= 15 is 0 Å². The van der Waals surface area contributed by atoms with Crippen molar-refractivity contribution in [1.29, 1.82) is 0 Å². The van der Waals surface area contributed by atoms with Crippen LogP contribution in [0.25, 0.3) is 5.69 Å². The number of aryl methyl sites for hydroxylation is 2. The lowest BCUT2D eigenvalue weighted by molar-refractivity contribution is -0.118. The second-order valence-corrected chi connectivity index (χ2v) is 6.74. The van der Waals surface area contributed by atoms with E-state index in [0.29, 0.717) is 0 Å². The first kappa shape index (κ1) is 15.6. The first-order chi connectivity index (χ1) is 12.0. The summed E-state index contributed by atoms with van der Waals surface area (Å²) < 4.78 is 3.78. The number of nitrogens with zero attached hydrogens (tertiary/aromatic N) is 4. The van der Waals surface area contributed by atoms with Crippen LogP contribution in [0.4, 0.5) is 5.69 Å². The van der Waals surface area contributed by atoms with E-state index in [1.807, 2.05) is 68.3 Å². The highest BCUT2D eigenvalue weighted by molar-refractivity contribution is 6.01. The summed E-state index contributed by atoms with van der Waals surface area (Å²) in [6.07, 6.45) is 5.40. The summed E-state index contributed by atoms with van der Waals surface area (Å²) in [6.45, 7) is 4.04. The van der Waals surface area contributed by atoms with Crippen LogP contribution in [0.1, 0.15) is 29.9 Å². The van der Waals surface area contributed by atoms with Gasteiger partial charge in [0, 0.05) is 30.3 Å². The van der Waals surface area contributed by atoms with Crippen LogP contribution in [0.2, 0.25) is 0 Å². The van der Waals surface area contributed by atoms with Crippen molar-refractivity contribution in [2.75, 3.05) is 5.32 Å². The number of carbonyl (C=O) groups is 1. The van der Waals surface area contributed by atoms with Gasteiger partial charge in [-0.05, 0) is 57.0 Å². The second-order valence-electron chi connectivity index (χ2n) is 6.74. The number of hydrogen-bond donors (Lipinski definition) is 1. The van der Waals surface area contributed by atoms with Gasteiger partial charge >= 0.3 is 0 Å². The monoisotopic (exact) mass is 335 g/mol. The summed E-state index contributed by atoms with van der Waals surface area (Å²) in [5, 5.41) is 7.46. The third kappa shape index (κ3) is 2.63. The van der Waals surface area contributed by atoms with Gasteiger partial charge in [0.15, 0.2) is 0 Å². The molecule has 0 aliphatic heterocycles. The van der Waals surface area contributed by atoms with Gasteiger partial charge < -0.3 is 9.88 Å². The molecule has 1 aliphatic rings. The molecule has 1 aromatic carbocycles. The number of aromatic nitrogens is 4. The number of hydrogen-bond acceptors (Lipinski definition) is 3. The van der Waals surface area contributed by atoms with Crippen molar-refractivity contribution in [1.82, 2.24) is 19.3 Å². The molecule has 2 aromatic heterocycles. The highest BCUT2D eigenvalue weighted by atomic mass is 16.2. The molecular formula is C19H21N5O. The molecule has 1 amide bonds. The number of imidazole rings is 1. The van der Waals surface area contributed by atoms with E-state index in [9.17, 15) is 4.79 Å². The van der Waals surface area contributed by atoms with Gasteiger partial charge in [-0.3, -0.25) is 9.48 Å². The van der Waals surface area contributed by atoms with Crippen LogP contribution in [-0.2, 0) is 17.3 Å². The van der Waals surface area contributed by atoms with E-state index in [0.717, 1.165) is 41.3 Å². The maximum Gasteiger partial charge on any atom is 0.236 e. The number of nitrogens with one attached hydrogen (secondary N) is 1. The molecule has 0 atom stereocenters. The molecule has 128 valence electrons. The minimum absolute atomic E-state index is 0.0219. The normalized spacial score (nSPS) is 15.2. The molecule has 1 fully saturated rings. The Hall–Kier alpha value is -2.89. The van der Waals surface area contributed by atoms with Crippen molar-refractivity contribution in [3.05, 3.63) is 59.9 Å². The third-order valence-corrected chi connectivity index (χ3v) is 5.04. The lowest BCUT2D eigenvalue weighted by Crippen LogP contribution is -2.28. The van der Waals surface area contributed by atoms with Gasteiger partial charge in [-0.25, -0.2) is 4.98 Å². The van der Waals surface area contributed by atoms with E-state index in [-0.39, 0.29) is 5.91 Å². The first-order valence-corrected chi connectivity index (χ1v) is 8.42. The molecule has 0 unspecified atom stereocenters. The van der Waals surface area contributed by atoms with E-state index in [2.05, 4.69) is 15.4 Å². The molecule has 1 saturated carbocycles. The van der Waals surface area contributed by atoms with Crippen LogP contribution in [0.5, 0.6) is 0 Å². The van der Waals surface area contributed by atoms with Crippen molar-refractivity contribution in [2.45, 2.75) is 32.1 Å². The third-order valence-electron chi connectivity index (χ3n) is 5.04. The molecule has 0 radical (unpaired) electrons. The summed E-state index contributed by atoms with van der Waals surface area (Å²) in [6, 6.07) is 9.76. The van der Waals surface area contributed by atoms with E-state index in [4.69, 9.17) is 0 Å². The summed E-state index contributed by atoms with van der Waals surface area (Å²) in [4.78, 5) is 17.1. The Morgan fingerprint density at radius 2 is 1.88 bits per heavy atom. The SMILES string of the molecule is Cc1ncn(-c2ccc(NC(=O)C3(c4ccn(C)n4)CC3)cc2)c1C. The second kappa shape index (κ2) is 5.58. The zero-order valence-electron chi connectivity index (χ0n) is 14.7. The molecule has 0 spiro atoms. The average Bonchev–Trinajstić information content (AvgIpc) is 3.21. The summed E-state index contributed by atoms with van der Waals surface area (Å²) in [5.74, 6) is 0.0219. The molecule has 0 saturated heterocycles. The van der Waals surface area contributed by atoms with Gasteiger partial charge in [0.25, 0.3) is 0 Å². The number of amides is 1. The summed E-state index contributed by atoms with van der Waals surface area (Å²) >= 11 is 0. The highest BCUT2D eigenvalue weighted by Crippen LogP contribution is 2.48. The van der Waals surface area contributed by atoms with Crippen molar-refractivity contribution in [2.24, 2.45) is 7.05 Å². The molecule has 1 N–H and O–H groups in total. The van der Waals surface area contributed by atoms with Crippen LogP contribution in [0.3, 0.4) is 0 Å². The number of rotatable bonds is 4. The van der Waals surface area contributed by atoms with Crippen LogP contribution in [0, 0.1) is 13.8 Å². The Bertz CT molecular complexity index is 931.